The van der Waals surface area contributed by atoms with Crippen LogP contribution in [-0.2, 0) is 23.9 Å². The van der Waals surface area contributed by atoms with Gasteiger partial charge in [0.1, 0.15) is 11.6 Å². The van der Waals surface area contributed by atoms with Crippen molar-refractivity contribution in [3.8, 4) is 11.1 Å². The smallest absolute Gasteiger partial charge is 0.416 e. The molecule has 2 atom stereocenters. The molecule has 10 nitrogen and oxygen atoms in total. The Morgan fingerprint density at radius 2 is 2.06 bits per heavy atom. The molecule has 0 spiro atoms. The molecule has 1 fully saturated rings. The molecule has 1 aliphatic rings. The Morgan fingerprint density at radius 3 is 2.67 bits per heavy atom. The second-order valence-electron chi connectivity index (χ2n) is 7.24. The molecule has 0 bridgehead atoms. The van der Waals surface area contributed by atoms with E-state index in [1.165, 1.54) is 43.1 Å². The third-order valence-corrected chi connectivity index (χ3v) is 4.76. The van der Waals surface area contributed by atoms with Crippen LogP contribution in [-0.4, -0.2) is 47.7 Å². The maximum absolute atomic E-state index is 14.8. The van der Waals surface area contributed by atoms with Crippen molar-refractivity contribution in [2.24, 2.45) is 0 Å². The summed E-state index contributed by atoms with van der Waals surface area (Å²) in [6.07, 6.45) is -0.846. The van der Waals surface area contributed by atoms with Gasteiger partial charge in [0, 0.05) is 30.7 Å². The highest BCUT2D eigenvalue weighted by Gasteiger charge is 2.33. The van der Waals surface area contributed by atoms with Gasteiger partial charge in [0.15, 0.2) is 12.3 Å². The highest BCUT2D eigenvalue weighted by atomic mass is 19.1. The molecule has 2 heterocycles. The lowest BCUT2D eigenvalue weighted by Crippen LogP contribution is -2.37. The number of pyridine rings is 1. The number of ether oxygens (including phenoxy) is 2. The molecule has 33 heavy (non-hydrogen) atoms. The Bertz CT molecular complexity index is 1080. The topological polar surface area (TPSA) is 127 Å². The fourth-order valence-electron chi connectivity index (χ4n) is 3.09. The molecule has 174 valence electrons. The zero-order valence-corrected chi connectivity index (χ0v) is 18.3. The van der Waals surface area contributed by atoms with Crippen LogP contribution >= 0.6 is 0 Å². The van der Waals surface area contributed by atoms with Crippen molar-refractivity contribution in [1.82, 2.24) is 10.3 Å². The monoisotopic (exact) mass is 458 g/mol. The molecule has 2 unspecified atom stereocenters. The van der Waals surface area contributed by atoms with E-state index < -0.39 is 36.1 Å². The maximum Gasteiger partial charge on any atom is 0.416 e. The zero-order chi connectivity index (χ0) is 24.1. The van der Waals surface area contributed by atoms with Crippen LogP contribution in [0.3, 0.4) is 0 Å². The van der Waals surface area contributed by atoms with Crippen molar-refractivity contribution in [1.29, 1.82) is 0 Å². The molecular formula is C22H23FN4O6. The molecule has 3 rings (SSSR count). The molecule has 1 aliphatic heterocycles. The van der Waals surface area contributed by atoms with Crippen molar-refractivity contribution < 1.29 is 33.0 Å². The average molecular weight is 458 g/mol. The van der Waals surface area contributed by atoms with Crippen molar-refractivity contribution in [2.75, 3.05) is 16.8 Å². The molecule has 0 aliphatic carbocycles. The van der Waals surface area contributed by atoms with Gasteiger partial charge >= 0.3 is 12.1 Å². The lowest BCUT2D eigenvalue weighted by molar-refractivity contribution is -0.150. The number of hydrogen-bond donors (Lipinski definition) is 2. The lowest BCUT2D eigenvalue weighted by atomic mass is 10.1. The van der Waals surface area contributed by atoms with Gasteiger partial charge in [-0.05, 0) is 37.3 Å². The van der Waals surface area contributed by atoms with E-state index in [1.54, 1.807) is 19.1 Å². The van der Waals surface area contributed by atoms with Crippen molar-refractivity contribution in [3.05, 3.63) is 42.3 Å². The fraction of sp³-hybridized carbons (Fsp3) is 0.318. The molecule has 1 aromatic carbocycles. The van der Waals surface area contributed by atoms with Gasteiger partial charge in [-0.15, -0.1) is 0 Å². The SMILES string of the molecule is CCC(=O)NC1CN(c2ccc(-c3ccc(NC(=O)C(C)OC(C)=O)nc3)c(F)c2)C(=O)O1. The molecular weight excluding hydrogens is 435 g/mol. The number of esters is 1. The number of anilines is 2. The third-order valence-electron chi connectivity index (χ3n) is 4.76. The van der Waals surface area contributed by atoms with E-state index in [1.807, 2.05) is 0 Å². The summed E-state index contributed by atoms with van der Waals surface area (Å²) in [7, 11) is 0. The van der Waals surface area contributed by atoms with Gasteiger partial charge in [-0.3, -0.25) is 19.3 Å². The Kier molecular flexibility index (Phi) is 7.21. The molecule has 0 radical (unpaired) electrons. The predicted octanol–water partition coefficient (Wildman–Crippen LogP) is 2.59. The second kappa shape index (κ2) is 10.1. The minimum atomic E-state index is -0.985. The standard InChI is InChI=1S/C22H23FN4O6/c1-4-19(29)26-20-11-27(22(31)33-20)15-6-7-16(17(23)9-15)14-5-8-18(24-10-14)25-21(30)12(2)32-13(3)28/h5-10,12,20H,4,11H2,1-3H3,(H,26,29)(H,24,25,30). The molecule has 3 amide bonds. The molecule has 1 saturated heterocycles. The quantitative estimate of drug-likeness (QED) is 0.611. The van der Waals surface area contributed by atoms with Gasteiger partial charge in [0.2, 0.25) is 5.91 Å². The zero-order valence-electron chi connectivity index (χ0n) is 18.3. The number of benzene rings is 1. The first-order valence-electron chi connectivity index (χ1n) is 10.2. The Hall–Kier alpha value is -4.02. The number of nitrogens with one attached hydrogen (secondary N) is 2. The van der Waals surface area contributed by atoms with Crippen molar-refractivity contribution in [2.45, 2.75) is 39.5 Å². The van der Waals surface area contributed by atoms with Crippen LogP contribution in [0.15, 0.2) is 36.5 Å². The van der Waals surface area contributed by atoms with E-state index in [4.69, 9.17) is 9.47 Å². The van der Waals surface area contributed by atoms with Gasteiger partial charge in [-0.25, -0.2) is 14.2 Å². The first kappa shape index (κ1) is 23.6. The van der Waals surface area contributed by atoms with E-state index in [2.05, 4.69) is 15.6 Å². The van der Waals surface area contributed by atoms with E-state index in [0.29, 0.717) is 5.56 Å². The van der Waals surface area contributed by atoms with E-state index in [9.17, 15) is 23.6 Å². The van der Waals surface area contributed by atoms with Crippen molar-refractivity contribution in [3.63, 3.8) is 0 Å². The van der Waals surface area contributed by atoms with Crippen LogP contribution in [0.5, 0.6) is 0 Å². The number of cyclic esters (lactones) is 1. The van der Waals surface area contributed by atoms with Crippen LogP contribution < -0.4 is 15.5 Å². The van der Waals surface area contributed by atoms with Crippen LogP contribution in [0.4, 0.5) is 20.7 Å². The fourth-order valence-corrected chi connectivity index (χ4v) is 3.09. The maximum atomic E-state index is 14.8. The average Bonchev–Trinajstić information content (AvgIpc) is 3.13. The molecule has 2 N–H and O–H groups in total. The minimum Gasteiger partial charge on any atom is -0.453 e. The van der Waals surface area contributed by atoms with E-state index in [0.717, 1.165) is 0 Å². The van der Waals surface area contributed by atoms with Crippen LogP contribution in [0.25, 0.3) is 11.1 Å². The van der Waals surface area contributed by atoms with Gasteiger partial charge in [0.25, 0.3) is 5.91 Å². The van der Waals surface area contributed by atoms with Gasteiger partial charge in [-0.2, -0.15) is 0 Å². The summed E-state index contributed by atoms with van der Waals surface area (Å²) in [6.45, 7) is 4.37. The molecule has 2 aromatic rings. The summed E-state index contributed by atoms with van der Waals surface area (Å²) in [6, 6.07) is 7.29. The number of amides is 3. The summed E-state index contributed by atoms with van der Waals surface area (Å²) in [5, 5.41) is 5.07. The minimum absolute atomic E-state index is 0.0606. The van der Waals surface area contributed by atoms with Crippen LogP contribution in [0.1, 0.15) is 27.2 Å². The summed E-state index contributed by atoms with van der Waals surface area (Å²) in [5.41, 5.74) is 0.966. The first-order chi connectivity index (χ1) is 15.7. The van der Waals surface area contributed by atoms with E-state index >= 15 is 0 Å². The summed E-state index contributed by atoms with van der Waals surface area (Å²) in [5.74, 6) is -1.78. The molecule has 11 heteroatoms. The predicted molar refractivity (Wildman–Crippen MR) is 116 cm³/mol. The van der Waals surface area contributed by atoms with Gasteiger partial charge in [0.05, 0.1) is 12.2 Å². The van der Waals surface area contributed by atoms with Gasteiger partial charge < -0.3 is 20.1 Å². The Labute approximate surface area is 189 Å². The summed E-state index contributed by atoms with van der Waals surface area (Å²) >= 11 is 0. The number of rotatable bonds is 7. The van der Waals surface area contributed by atoms with Crippen molar-refractivity contribution >= 4 is 35.4 Å². The summed E-state index contributed by atoms with van der Waals surface area (Å²) < 4.78 is 24.7. The molecule has 0 saturated carbocycles. The number of halogens is 1. The van der Waals surface area contributed by atoms with Crippen LogP contribution in [0, 0.1) is 5.82 Å². The number of hydrogen-bond acceptors (Lipinski definition) is 7. The number of carbonyl (C=O) groups excluding carboxylic acids is 4. The highest BCUT2D eigenvalue weighted by Crippen LogP contribution is 2.29. The highest BCUT2D eigenvalue weighted by molar-refractivity contribution is 5.94. The first-order valence-corrected chi connectivity index (χ1v) is 10.2. The Morgan fingerprint density at radius 1 is 1.30 bits per heavy atom. The second-order valence-corrected chi connectivity index (χ2v) is 7.24. The van der Waals surface area contributed by atoms with E-state index in [-0.39, 0.29) is 35.9 Å². The van der Waals surface area contributed by atoms with Gasteiger partial charge in [-0.1, -0.05) is 6.92 Å². The summed E-state index contributed by atoms with van der Waals surface area (Å²) in [4.78, 5) is 51.9. The number of nitrogens with zero attached hydrogens (tertiary/aromatic N) is 2. The molecule has 1 aromatic heterocycles. The van der Waals surface area contributed by atoms with Crippen LogP contribution in [0.2, 0.25) is 0 Å². The number of aromatic nitrogens is 1. The number of carbonyl (C=O) groups is 4. The third kappa shape index (κ3) is 5.82. The Balaban J connectivity index is 1.69. The lowest BCUT2D eigenvalue weighted by Gasteiger charge is -2.15. The largest absolute Gasteiger partial charge is 0.453 e. The normalized spacial score (nSPS) is 16.1.